The van der Waals surface area contributed by atoms with Gasteiger partial charge in [-0.25, -0.2) is 4.79 Å². The largest absolute Gasteiger partial charge is 0.481 e. The van der Waals surface area contributed by atoms with E-state index in [1.54, 1.807) is 18.2 Å². The summed E-state index contributed by atoms with van der Waals surface area (Å²) in [5.74, 6) is -1.45. The van der Waals surface area contributed by atoms with Gasteiger partial charge >= 0.3 is 11.9 Å². The number of benzene rings is 1. The van der Waals surface area contributed by atoms with Crippen molar-refractivity contribution in [2.45, 2.75) is 12.8 Å². The number of aliphatic carboxylic acids is 1. The summed E-state index contributed by atoms with van der Waals surface area (Å²) in [7, 11) is 1.33. The molecule has 0 radical (unpaired) electrons. The Labute approximate surface area is 117 Å². The van der Waals surface area contributed by atoms with Gasteiger partial charge in [-0.2, -0.15) is 0 Å². The van der Waals surface area contributed by atoms with Crippen LogP contribution in [0.5, 0.6) is 0 Å². The van der Waals surface area contributed by atoms with Crippen molar-refractivity contribution in [3.63, 3.8) is 0 Å². The first kappa shape index (κ1) is 14.5. The van der Waals surface area contributed by atoms with E-state index < -0.39 is 17.9 Å². The standard InChI is InChI=1S/C15H19NO4/c1-20-15(19)11-4-2-3-10(7-11)8-13(14(17)18)12-5-6-16-9-12/h2-4,7,12-13,16H,5-6,8-9H2,1H3,(H,17,18)/t12-,13?/m0/s1. The Hall–Kier alpha value is -1.88. The van der Waals surface area contributed by atoms with Crippen LogP contribution in [-0.2, 0) is 16.0 Å². The van der Waals surface area contributed by atoms with Crippen LogP contribution >= 0.6 is 0 Å². The SMILES string of the molecule is COC(=O)c1cccc(CC(C(=O)O)[C@H]2CCNC2)c1. The summed E-state index contributed by atoms with van der Waals surface area (Å²) in [5, 5.41) is 12.6. The Balaban J connectivity index is 2.14. The van der Waals surface area contributed by atoms with E-state index >= 15 is 0 Å². The van der Waals surface area contributed by atoms with Crippen molar-refractivity contribution >= 4 is 11.9 Å². The fraction of sp³-hybridized carbons (Fsp3) is 0.467. The van der Waals surface area contributed by atoms with Gasteiger partial charge in [0.1, 0.15) is 0 Å². The van der Waals surface area contributed by atoms with Crippen molar-refractivity contribution in [2.24, 2.45) is 11.8 Å². The van der Waals surface area contributed by atoms with E-state index in [4.69, 9.17) is 0 Å². The monoisotopic (exact) mass is 277 g/mol. The van der Waals surface area contributed by atoms with Crippen LogP contribution < -0.4 is 5.32 Å². The predicted octanol–water partition coefficient (Wildman–Crippen LogP) is 1.33. The number of hydrogen-bond acceptors (Lipinski definition) is 4. The van der Waals surface area contributed by atoms with E-state index in [9.17, 15) is 14.7 Å². The van der Waals surface area contributed by atoms with Crippen molar-refractivity contribution in [1.29, 1.82) is 0 Å². The summed E-state index contributed by atoms with van der Waals surface area (Å²) < 4.78 is 4.68. The Morgan fingerprint density at radius 1 is 1.50 bits per heavy atom. The molecule has 20 heavy (non-hydrogen) atoms. The Morgan fingerprint density at radius 2 is 2.30 bits per heavy atom. The van der Waals surface area contributed by atoms with E-state index in [-0.39, 0.29) is 5.92 Å². The molecule has 0 aliphatic carbocycles. The average molecular weight is 277 g/mol. The highest BCUT2D eigenvalue weighted by Crippen LogP contribution is 2.24. The van der Waals surface area contributed by atoms with Crippen molar-refractivity contribution in [2.75, 3.05) is 20.2 Å². The number of ether oxygens (including phenoxy) is 1. The van der Waals surface area contributed by atoms with E-state index in [2.05, 4.69) is 10.1 Å². The lowest BCUT2D eigenvalue weighted by atomic mass is 9.86. The molecule has 5 nitrogen and oxygen atoms in total. The highest BCUT2D eigenvalue weighted by molar-refractivity contribution is 5.89. The van der Waals surface area contributed by atoms with Crippen molar-refractivity contribution in [1.82, 2.24) is 5.32 Å². The van der Waals surface area contributed by atoms with Crippen LogP contribution in [0.3, 0.4) is 0 Å². The van der Waals surface area contributed by atoms with Gasteiger partial charge in [0, 0.05) is 0 Å². The Morgan fingerprint density at radius 3 is 2.90 bits per heavy atom. The number of carboxylic acid groups (broad SMARTS) is 1. The third-order valence-corrected chi connectivity index (χ3v) is 3.79. The summed E-state index contributed by atoms with van der Waals surface area (Å²) in [6.45, 7) is 1.62. The minimum absolute atomic E-state index is 0.147. The van der Waals surface area contributed by atoms with Crippen molar-refractivity contribution in [3.8, 4) is 0 Å². The molecular formula is C15H19NO4. The molecule has 2 atom stereocenters. The highest BCUT2D eigenvalue weighted by Gasteiger charge is 2.30. The van der Waals surface area contributed by atoms with Crippen LogP contribution in [0.4, 0.5) is 0 Å². The van der Waals surface area contributed by atoms with Crippen LogP contribution in [0.1, 0.15) is 22.3 Å². The fourth-order valence-electron chi connectivity index (χ4n) is 2.67. The molecule has 0 amide bonds. The molecule has 0 aromatic heterocycles. The maximum absolute atomic E-state index is 11.5. The Kier molecular flexibility index (Phi) is 4.74. The van der Waals surface area contributed by atoms with Gasteiger partial charge < -0.3 is 15.2 Å². The minimum atomic E-state index is -0.776. The molecule has 0 spiro atoms. The number of hydrogen-bond donors (Lipinski definition) is 2. The maximum atomic E-state index is 11.5. The second-order valence-electron chi connectivity index (χ2n) is 5.09. The van der Waals surface area contributed by atoms with Gasteiger partial charge in [0.15, 0.2) is 0 Å². The molecule has 1 aromatic rings. The molecule has 1 unspecified atom stereocenters. The second kappa shape index (κ2) is 6.52. The van der Waals surface area contributed by atoms with Crippen LogP contribution in [0.15, 0.2) is 24.3 Å². The quantitative estimate of drug-likeness (QED) is 0.794. The molecule has 1 aromatic carbocycles. The fourth-order valence-corrected chi connectivity index (χ4v) is 2.67. The van der Waals surface area contributed by atoms with E-state index in [0.717, 1.165) is 25.1 Å². The van der Waals surface area contributed by atoms with Crippen LogP contribution in [0, 0.1) is 11.8 Å². The topological polar surface area (TPSA) is 75.6 Å². The zero-order chi connectivity index (χ0) is 14.5. The molecule has 5 heteroatoms. The summed E-state index contributed by atoms with van der Waals surface area (Å²) >= 11 is 0. The number of esters is 1. The first-order valence-electron chi connectivity index (χ1n) is 6.72. The van der Waals surface area contributed by atoms with Gasteiger partial charge in [0.05, 0.1) is 18.6 Å². The van der Waals surface area contributed by atoms with E-state index in [1.807, 2.05) is 6.07 Å². The third-order valence-electron chi connectivity index (χ3n) is 3.79. The number of methoxy groups -OCH3 is 1. The highest BCUT2D eigenvalue weighted by atomic mass is 16.5. The summed E-state index contributed by atoms with van der Waals surface area (Å²) in [6, 6.07) is 6.99. The predicted molar refractivity (Wildman–Crippen MR) is 73.6 cm³/mol. The molecule has 2 rings (SSSR count). The van der Waals surface area contributed by atoms with E-state index in [0.29, 0.717) is 12.0 Å². The number of rotatable bonds is 5. The van der Waals surface area contributed by atoms with Gasteiger partial charge in [-0.15, -0.1) is 0 Å². The molecule has 0 bridgehead atoms. The second-order valence-corrected chi connectivity index (χ2v) is 5.09. The van der Waals surface area contributed by atoms with Gasteiger partial charge in [0.2, 0.25) is 0 Å². The Bertz CT molecular complexity index is 494. The first-order chi connectivity index (χ1) is 9.61. The lowest BCUT2D eigenvalue weighted by molar-refractivity contribution is -0.143. The van der Waals surface area contributed by atoms with Crippen LogP contribution in [0.2, 0.25) is 0 Å². The number of carbonyl (C=O) groups excluding carboxylic acids is 1. The van der Waals surface area contributed by atoms with Crippen molar-refractivity contribution < 1.29 is 19.4 Å². The molecular weight excluding hydrogens is 258 g/mol. The molecule has 1 saturated heterocycles. The van der Waals surface area contributed by atoms with E-state index in [1.165, 1.54) is 7.11 Å². The number of carboxylic acids is 1. The van der Waals surface area contributed by atoms with Gasteiger partial charge in [-0.1, -0.05) is 12.1 Å². The molecule has 1 heterocycles. The number of carbonyl (C=O) groups is 2. The molecule has 2 N–H and O–H groups in total. The van der Waals surface area contributed by atoms with Crippen LogP contribution in [-0.4, -0.2) is 37.2 Å². The third kappa shape index (κ3) is 3.36. The van der Waals surface area contributed by atoms with Gasteiger partial charge in [-0.3, -0.25) is 4.79 Å². The molecule has 108 valence electrons. The maximum Gasteiger partial charge on any atom is 0.337 e. The van der Waals surface area contributed by atoms with Gasteiger partial charge in [0.25, 0.3) is 0 Å². The van der Waals surface area contributed by atoms with Gasteiger partial charge in [-0.05, 0) is 49.5 Å². The minimum Gasteiger partial charge on any atom is -0.481 e. The molecule has 1 fully saturated rings. The summed E-state index contributed by atoms with van der Waals surface area (Å²) in [5.41, 5.74) is 1.31. The zero-order valence-corrected chi connectivity index (χ0v) is 11.5. The lowest BCUT2D eigenvalue weighted by Gasteiger charge is -2.18. The molecule has 1 aliphatic heterocycles. The lowest BCUT2D eigenvalue weighted by Crippen LogP contribution is -2.27. The summed E-state index contributed by atoms with van der Waals surface area (Å²) in [4.78, 5) is 22.9. The normalized spacial score (nSPS) is 19.6. The average Bonchev–Trinajstić information content (AvgIpc) is 2.97. The number of nitrogens with one attached hydrogen (secondary N) is 1. The van der Waals surface area contributed by atoms with Crippen LogP contribution in [0.25, 0.3) is 0 Å². The van der Waals surface area contributed by atoms with Crippen molar-refractivity contribution in [3.05, 3.63) is 35.4 Å². The molecule has 1 aliphatic rings. The first-order valence-corrected chi connectivity index (χ1v) is 6.72. The summed E-state index contributed by atoms with van der Waals surface area (Å²) in [6.07, 6.45) is 1.32. The zero-order valence-electron chi connectivity index (χ0n) is 11.5. The molecule has 0 saturated carbocycles. The smallest absolute Gasteiger partial charge is 0.337 e.